The van der Waals surface area contributed by atoms with Crippen molar-refractivity contribution >= 4 is 0 Å². The maximum Gasteiger partial charge on any atom is 0.0793 e. The molecule has 2 atom stereocenters. The van der Waals surface area contributed by atoms with Gasteiger partial charge in [0.1, 0.15) is 0 Å². The zero-order chi connectivity index (χ0) is 29.8. The van der Waals surface area contributed by atoms with Gasteiger partial charge in [0.25, 0.3) is 0 Å². The first kappa shape index (κ1) is 33.1. The lowest BCUT2D eigenvalue weighted by atomic mass is 9.53. The molecule has 0 aromatic rings. The van der Waals surface area contributed by atoms with Crippen molar-refractivity contribution in [2.75, 3.05) is 13.1 Å². The van der Waals surface area contributed by atoms with E-state index in [1.165, 1.54) is 103 Å². The Bertz CT molecular complexity index is 762. The number of hydrogen-bond donors (Lipinski definition) is 2. The molecule has 2 unspecified atom stereocenters. The van der Waals surface area contributed by atoms with E-state index in [1.807, 2.05) is 0 Å². The first-order chi connectivity index (χ1) is 20.1. The summed E-state index contributed by atoms with van der Waals surface area (Å²) in [7, 11) is 0. The Kier molecular flexibility index (Phi) is 11.1. The van der Waals surface area contributed by atoms with Crippen molar-refractivity contribution in [1.82, 2.24) is 20.8 Å². The molecule has 5 rings (SSSR count). The van der Waals surface area contributed by atoms with Gasteiger partial charge in [-0.2, -0.15) is 10.1 Å². The van der Waals surface area contributed by atoms with Gasteiger partial charge in [-0.25, -0.2) is 0 Å². The predicted molar refractivity (Wildman–Crippen MR) is 174 cm³/mol. The van der Waals surface area contributed by atoms with Crippen LogP contribution in [0.25, 0.3) is 0 Å². The molecular weight excluding hydrogens is 520 g/mol. The number of rotatable bonds is 12. The molecule has 2 N–H and O–H groups in total. The molecule has 2 saturated heterocycles. The van der Waals surface area contributed by atoms with Gasteiger partial charge >= 0.3 is 0 Å². The van der Waals surface area contributed by atoms with E-state index in [9.17, 15) is 0 Å². The summed E-state index contributed by atoms with van der Waals surface area (Å²) in [5.74, 6) is 0. The van der Waals surface area contributed by atoms with Crippen molar-refractivity contribution < 1.29 is 9.68 Å². The average Bonchev–Trinajstić information content (AvgIpc) is 2.93. The van der Waals surface area contributed by atoms with Crippen LogP contribution in [0.5, 0.6) is 0 Å². The van der Waals surface area contributed by atoms with Crippen molar-refractivity contribution in [2.24, 2.45) is 0 Å². The van der Waals surface area contributed by atoms with Crippen LogP contribution in [-0.4, -0.2) is 69.7 Å². The highest BCUT2D eigenvalue weighted by molar-refractivity contribution is 5.22. The van der Waals surface area contributed by atoms with E-state index in [0.717, 1.165) is 38.8 Å². The zero-order valence-electron chi connectivity index (χ0n) is 28.6. The fraction of sp³-hybridized carbons (Fsp3) is 1.00. The van der Waals surface area contributed by atoms with Crippen molar-refractivity contribution in [1.29, 1.82) is 0 Å². The molecule has 5 aliphatic rings. The molecule has 2 aliphatic heterocycles. The summed E-state index contributed by atoms with van der Waals surface area (Å²) in [5, 5.41) is 13.2. The molecule has 6 heteroatoms. The molecule has 2 spiro atoms. The first-order valence-corrected chi connectivity index (χ1v) is 18.5. The summed E-state index contributed by atoms with van der Waals surface area (Å²) in [6, 6.07) is 1.11. The van der Waals surface area contributed by atoms with E-state index in [0.29, 0.717) is 24.3 Å². The summed E-state index contributed by atoms with van der Waals surface area (Å²) < 4.78 is 0. The van der Waals surface area contributed by atoms with Gasteiger partial charge in [0.15, 0.2) is 0 Å². The number of piperidine rings is 2. The number of hydroxylamine groups is 4. The zero-order valence-corrected chi connectivity index (χ0v) is 28.6. The van der Waals surface area contributed by atoms with Gasteiger partial charge < -0.3 is 10.6 Å². The quantitative estimate of drug-likeness (QED) is 0.225. The maximum absolute atomic E-state index is 7.19. The molecule has 3 saturated carbocycles. The van der Waals surface area contributed by atoms with E-state index in [-0.39, 0.29) is 22.2 Å². The van der Waals surface area contributed by atoms with E-state index < -0.39 is 0 Å². The van der Waals surface area contributed by atoms with Crippen LogP contribution in [0.15, 0.2) is 0 Å². The fourth-order valence-electron chi connectivity index (χ4n) is 10.0. The molecule has 0 aromatic carbocycles. The van der Waals surface area contributed by atoms with Crippen LogP contribution in [0.3, 0.4) is 0 Å². The van der Waals surface area contributed by atoms with Crippen molar-refractivity contribution in [3.63, 3.8) is 0 Å². The second kappa shape index (κ2) is 14.0. The Morgan fingerprint density at radius 2 is 0.952 bits per heavy atom. The molecule has 6 nitrogen and oxygen atoms in total. The third-order valence-electron chi connectivity index (χ3n) is 11.6. The minimum absolute atomic E-state index is 0.0131. The molecule has 244 valence electrons. The highest BCUT2D eigenvalue weighted by atomic mass is 16.7. The number of hydrogen-bond acceptors (Lipinski definition) is 6. The highest BCUT2D eigenvalue weighted by Gasteiger charge is 2.69. The van der Waals surface area contributed by atoms with Gasteiger partial charge in [-0.15, -0.1) is 0 Å². The lowest BCUT2D eigenvalue weighted by Gasteiger charge is -2.72. The van der Waals surface area contributed by atoms with Gasteiger partial charge in [0, 0.05) is 23.2 Å². The van der Waals surface area contributed by atoms with Gasteiger partial charge in [-0.05, 0) is 118 Å². The van der Waals surface area contributed by atoms with Crippen LogP contribution in [0.4, 0.5) is 0 Å². The Morgan fingerprint density at radius 1 is 0.571 bits per heavy atom. The number of unbranched alkanes of at least 4 members (excludes halogenated alkanes) is 2. The number of nitrogens with one attached hydrogen (secondary N) is 2. The maximum atomic E-state index is 7.19. The van der Waals surface area contributed by atoms with Crippen LogP contribution in [-0.2, 0) is 9.68 Å². The average molecular weight is 589 g/mol. The van der Waals surface area contributed by atoms with Crippen LogP contribution in [0.2, 0.25) is 0 Å². The van der Waals surface area contributed by atoms with Crippen LogP contribution in [0, 0.1) is 0 Å². The topological polar surface area (TPSA) is 49.0 Å². The Labute approximate surface area is 259 Å². The molecule has 0 amide bonds. The summed E-state index contributed by atoms with van der Waals surface area (Å²) in [4.78, 5) is 14.4. The lowest BCUT2D eigenvalue weighted by molar-refractivity contribution is -0.395. The summed E-state index contributed by atoms with van der Waals surface area (Å²) in [5.41, 5.74) is 0.162. The Balaban J connectivity index is 1.42. The molecule has 0 bridgehead atoms. The second-order valence-electron chi connectivity index (χ2n) is 16.6. The third kappa shape index (κ3) is 7.41. The normalized spacial score (nSPS) is 36.4. The first-order valence-electron chi connectivity index (χ1n) is 18.5. The Morgan fingerprint density at radius 3 is 1.31 bits per heavy atom. The monoisotopic (exact) mass is 589 g/mol. The second-order valence-corrected chi connectivity index (χ2v) is 16.6. The molecule has 0 aromatic heterocycles. The SMILES string of the molecule is CCCCNC1CC(C)(C)N(OC2CCCCC2)C2(C1)CC1(CC(NCCCC)CC(C)(C)N1OC1CCCCC1)C2. The molecule has 3 aliphatic carbocycles. The van der Waals surface area contributed by atoms with E-state index in [2.05, 4.69) is 62.3 Å². The summed E-state index contributed by atoms with van der Waals surface area (Å²) >= 11 is 0. The third-order valence-corrected chi connectivity index (χ3v) is 11.6. The minimum atomic E-state index is 0.0131. The summed E-state index contributed by atoms with van der Waals surface area (Å²) in [6.07, 6.45) is 25.7. The smallest absolute Gasteiger partial charge is 0.0793 e. The van der Waals surface area contributed by atoms with Gasteiger partial charge in [0.05, 0.1) is 23.3 Å². The highest BCUT2D eigenvalue weighted by Crippen LogP contribution is 2.61. The van der Waals surface area contributed by atoms with Crippen LogP contribution in [0.1, 0.15) is 170 Å². The largest absolute Gasteiger partial charge is 0.314 e. The fourth-order valence-corrected chi connectivity index (χ4v) is 10.0. The number of nitrogens with zero attached hydrogens (tertiary/aromatic N) is 2. The van der Waals surface area contributed by atoms with Crippen molar-refractivity contribution in [3.8, 4) is 0 Å². The van der Waals surface area contributed by atoms with E-state index >= 15 is 0 Å². The van der Waals surface area contributed by atoms with Gasteiger partial charge in [0.2, 0.25) is 0 Å². The van der Waals surface area contributed by atoms with E-state index in [4.69, 9.17) is 9.68 Å². The van der Waals surface area contributed by atoms with Gasteiger partial charge in [-0.3, -0.25) is 9.68 Å². The molecule has 42 heavy (non-hydrogen) atoms. The molecule has 0 radical (unpaired) electrons. The lowest BCUT2D eigenvalue weighted by Crippen LogP contribution is -2.81. The minimum Gasteiger partial charge on any atom is -0.314 e. The summed E-state index contributed by atoms with van der Waals surface area (Å²) in [6.45, 7) is 16.7. The standard InChI is InChI=1S/C36H68N4O2/c1-7-9-21-37-29-23-33(3,4)39(41-31-17-13-11-14-18-31)35(25-29)27-36(28-35)26-30(38-22-10-8-2)24-34(5,6)40(36)42-32-19-15-12-16-20-32/h29-32,37-38H,7-28H2,1-6H3. The Hall–Kier alpha value is -0.240. The van der Waals surface area contributed by atoms with Crippen molar-refractivity contribution in [3.05, 3.63) is 0 Å². The van der Waals surface area contributed by atoms with Crippen LogP contribution >= 0.6 is 0 Å². The molecule has 2 heterocycles. The van der Waals surface area contributed by atoms with Gasteiger partial charge in [-0.1, -0.05) is 65.2 Å². The molecular formula is C36H68N4O2. The van der Waals surface area contributed by atoms with Crippen molar-refractivity contribution in [2.45, 2.75) is 216 Å². The molecule has 5 fully saturated rings. The van der Waals surface area contributed by atoms with Crippen LogP contribution < -0.4 is 10.6 Å². The predicted octanol–water partition coefficient (Wildman–Crippen LogP) is 8.05. The van der Waals surface area contributed by atoms with E-state index in [1.54, 1.807) is 0 Å².